The highest BCUT2D eigenvalue weighted by Gasteiger charge is 2.20. The van der Waals surface area contributed by atoms with Gasteiger partial charge < -0.3 is 15.3 Å². The summed E-state index contributed by atoms with van der Waals surface area (Å²) in [7, 11) is 3.90. The van der Waals surface area contributed by atoms with E-state index in [-0.39, 0.29) is 24.5 Å². The molecule has 158 valence electrons. The largest absolute Gasteiger partial charge is 0.394 e. The number of hydroxylamine groups is 1. The normalized spacial score (nSPS) is 11.0. The van der Waals surface area contributed by atoms with Crippen LogP contribution in [0.3, 0.4) is 0 Å². The summed E-state index contributed by atoms with van der Waals surface area (Å²) in [5.41, 5.74) is 1.87. The fraction of sp³-hybridized carbons (Fsp3) is 0.350. The Morgan fingerprint density at radius 2 is 1.90 bits per heavy atom. The Morgan fingerprint density at radius 1 is 1.14 bits per heavy atom. The van der Waals surface area contributed by atoms with Crippen molar-refractivity contribution in [3.05, 3.63) is 58.9 Å². The zero-order valence-electron chi connectivity index (χ0n) is 16.3. The number of carbonyl (C=O) groups is 1. The van der Waals surface area contributed by atoms with E-state index in [2.05, 4.69) is 5.32 Å². The van der Waals surface area contributed by atoms with E-state index in [1.165, 1.54) is 12.1 Å². The molecule has 9 heteroatoms. The van der Waals surface area contributed by atoms with E-state index in [1.54, 1.807) is 6.07 Å². The van der Waals surface area contributed by atoms with Gasteiger partial charge >= 0.3 is 0 Å². The Hall–Kier alpha value is -2.62. The molecule has 2 rings (SSSR count). The molecule has 0 aliphatic carbocycles. The van der Waals surface area contributed by atoms with E-state index in [4.69, 9.17) is 9.94 Å². The zero-order valence-corrected chi connectivity index (χ0v) is 16.3. The number of aliphatic hydroxyl groups excluding tert-OH is 1. The summed E-state index contributed by atoms with van der Waals surface area (Å²) in [6.45, 7) is 0.338. The van der Waals surface area contributed by atoms with Crippen LogP contribution < -0.4 is 10.8 Å². The fourth-order valence-electron chi connectivity index (χ4n) is 2.63. The Labute approximate surface area is 167 Å². The lowest BCUT2D eigenvalue weighted by Gasteiger charge is -2.15. The number of amides is 1. The van der Waals surface area contributed by atoms with Crippen LogP contribution >= 0.6 is 0 Å². The van der Waals surface area contributed by atoms with Crippen LogP contribution in [0.25, 0.3) is 0 Å². The van der Waals surface area contributed by atoms with Gasteiger partial charge in [0.25, 0.3) is 5.91 Å². The molecule has 0 aliphatic rings. The summed E-state index contributed by atoms with van der Waals surface area (Å²) in [5.74, 6) is -4.05. The number of anilines is 2. The van der Waals surface area contributed by atoms with Crippen molar-refractivity contribution in [2.24, 2.45) is 0 Å². The monoisotopic (exact) mass is 411 g/mol. The summed E-state index contributed by atoms with van der Waals surface area (Å²) in [6.07, 6.45) is 1.51. The van der Waals surface area contributed by atoms with Crippen LogP contribution in [0.4, 0.5) is 24.5 Å². The molecule has 6 nitrogen and oxygen atoms in total. The highest BCUT2D eigenvalue weighted by molar-refractivity contribution is 5.99. The van der Waals surface area contributed by atoms with Crippen molar-refractivity contribution in [3.63, 3.8) is 0 Å². The van der Waals surface area contributed by atoms with Crippen molar-refractivity contribution in [1.82, 2.24) is 10.4 Å². The highest BCUT2D eigenvalue weighted by Crippen LogP contribution is 2.28. The molecule has 0 aromatic heterocycles. The average molecular weight is 411 g/mol. The molecule has 1 amide bonds. The number of aliphatic hydroxyl groups is 1. The molecular formula is C20H24F3N3O3. The number of hydrogen-bond acceptors (Lipinski definition) is 5. The SMILES string of the molecule is CN(C)CCCc1ccc(Nc2c(C(=O)NOCCO)ccc(F)c2F)c(F)c1. The van der Waals surface area contributed by atoms with Gasteiger partial charge in [0.1, 0.15) is 5.82 Å². The van der Waals surface area contributed by atoms with Crippen LogP contribution in [0.1, 0.15) is 22.3 Å². The van der Waals surface area contributed by atoms with Gasteiger partial charge in [0.2, 0.25) is 0 Å². The maximum Gasteiger partial charge on any atom is 0.277 e. The zero-order chi connectivity index (χ0) is 21.4. The topological polar surface area (TPSA) is 73.8 Å². The summed E-state index contributed by atoms with van der Waals surface area (Å²) in [6, 6.07) is 6.24. The standard InChI is InChI=1S/C20H24F3N3O3/c1-26(2)9-3-4-13-5-8-17(16(22)12-13)24-19-14(6-7-15(21)18(19)23)20(28)25-29-11-10-27/h5-8,12,24,27H,3-4,9-11H2,1-2H3,(H,25,28). The predicted molar refractivity (Wildman–Crippen MR) is 103 cm³/mol. The Balaban J connectivity index is 2.22. The van der Waals surface area contributed by atoms with Gasteiger partial charge in [-0.15, -0.1) is 0 Å². The Kier molecular flexibility index (Phi) is 8.44. The molecule has 0 aliphatic heterocycles. The van der Waals surface area contributed by atoms with E-state index in [0.717, 1.165) is 30.7 Å². The molecule has 0 heterocycles. The first-order valence-corrected chi connectivity index (χ1v) is 9.04. The molecule has 0 fully saturated rings. The highest BCUT2D eigenvalue weighted by atomic mass is 19.2. The minimum absolute atomic E-state index is 0.101. The maximum absolute atomic E-state index is 14.5. The number of rotatable bonds is 10. The number of hydrogen-bond donors (Lipinski definition) is 3. The minimum atomic E-state index is -1.32. The molecule has 0 radical (unpaired) electrons. The number of aryl methyl sites for hydroxylation is 1. The Morgan fingerprint density at radius 3 is 2.55 bits per heavy atom. The smallest absolute Gasteiger partial charge is 0.277 e. The lowest BCUT2D eigenvalue weighted by Crippen LogP contribution is -2.26. The van der Waals surface area contributed by atoms with E-state index in [1.807, 2.05) is 24.5 Å². The van der Waals surface area contributed by atoms with Crippen LogP contribution in [-0.2, 0) is 11.3 Å². The van der Waals surface area contributed by atoms with Crippen molar-refractivity contribution in [2.45, 2.75) is 12.8 Å². The van der Waals surface area contributed by atoms with E-state index in [9.17, 15) is 18.0 Å². The molecule has 0 spiro atoms. The molecule has 3 N–H and O–H groups in total. The first-order valence-electron chi connectivity index (χ1n) is 9.04. The van der Waals surface area contributed by atoms with Gasteiger partial charge in [0.05, 0.1) is 30.2 Å². The fourth-order valence-corrected chi connectivity index (χ4v) is 2.63. The Bertz CT molecular complexity index is 847. The molecule has 0 bridgehead atoms. The molecule has 0 saturated carbocycles. The second-order valence-electron chi connectivity index (χ2n) is 6.63. The molecule has 0 atom stereocenters. The lowest BCUT2D eigenvalue weighted by molar-refractivity contribution is 0.0168. The average Bonchev–Trinajstić information content (AvgIpc) is 2.67. The van der Waals surface area contributed by atoms with Gasteiger partial charge in [-0.25, -0.2) is 18.7 Å². The molecule has 0 saturated heterocycles. The summed E-state index contributed by atoms with van der Waals surface area (Å²) in [5, 5.41) is 11.1. The van der Waals surface area contributed by atoms with E-state index < -0.39 is 29.0 Å². The third-order valence-corrected chi connectivity index (χ3v) is 4.06. The molecule has 0 unspecified atom stereocenters. The molecule has 2 aromatic carbocycles. The van der Waals surface area contributed by atoms with Crippen molar-refractivity contribution < 1.29 is 27.9 Å². The minimum Gasteiger partial charge on any atom is -0.394 e. The van der Waals surface area contributed by atoms with Crippen molar-refractivity contribution in [2.75, 3.05) is 39.2 Å². The van der Waals surface area contributed by atoms with Crippen LogP contribution in [0.2, 0.25) is 0 Å². The number of nitrogens with zero attached hydrogens (tertiary/aromatic N) is 1. The van der Waals surface area contributed by atoms with Gasteiger partial charge in [-0.1, -0.05) is 6.07 Å². The van der Waals surface area contributed by atoms with Crippen molar-refractivity contribution >= 4 is 17.3 Å². The number of benzene rings is 2. The number of nitrogens with one attached hydrogen (secondary N) is 2. The molecular weight excluding hydrogens is 387 g/mol. The summed E-state index contributed by atoms with van der Waals surface area (Å²) >= 11 is 0. The molecule has 29 heavy (non-hydrogen) atoms. The predicted octanol–water partition coefficient (Wildman–Crippen LogP) is 3.00. The third kappa shape index (κ3) is 6.45. The summed E-state index contributed by atoms with van der Waals surface area (Å²) in [4.78, 5) is 18.9. The number of halogens is 3. The van der Waals surface area contributed by atoms with Crippen molar-refractivity contribution in [1.29, 1.82) is 0 Å². The third-order valence-electron chi connectivity index (χ3n) is 4.06. The lowest BCUT2D eigenvalue weighted by atomic mass is 10.1. The van der Waals surface area contributed by atoms with Crippen LogP contribution in [0.15, 0.2) is 30.3 Å². The maximum atomic E-state index is 14.5. The van der Waals surface area contributed by atoms with Gasteiger partial charge in [-0.3, -0.25) is 9.63 Å². The first kappa shape index (κ1) is 22.7. The second-order valence-corrected chi connectivity index (χ2v) is 6.63. The van der Waals surface area contributed by atoms with Crippen LogP contribution in [0.5, 0.6) is 0 Å². The van der Waals surface area contributed by atoms with Gasteiger partial charge in [0, 0.05) is 0 Å². The van der Waals surface area contributed by atoms with Crippen molar-refractivity contribution in [3.8, 4) is 0 Å². The van der Waals surface area contributed by atoms with Crippen LogP contribution in [0, 0.1) is 17.5 Å². The van der Waals surface area contributed by atoms with E-state index in [0.29, 0.717) is 6.42 Å². The van der Waals surface area contributed by atoms with E-state index >= 15 is 0 Å². The second kappa shape index (κ2) is 10.8. The quantitative estimate of drug-likeness (QED) is 0.414. The van der Waals surface area contributed by atoms with Gasteiger partial charge in [-0.2, -0.15) is 0 Å². The van der Waals surface area contributed by atoms with Gasteiger partial charge in [-0.05, 0) is 63.3 Å². The first-order chi connectivity index (χ1) is 13.8. The van der Waals surface area contributed by atoms with Crippen LogP contribution in [-0.4, -0.2) is 49.8 Å². The van der Waals surface area contributed by atoms with Gasteiger partial charge in [0.15, 0.2) is 11.6 Å². The molecule has 2 aromatic rings. The number of carbonyl (C=O) groups excluding carboxylic acids is 1. The summed E-state index contributed by atoms with van der Waals surface area (Å²) < 4.78 is 42.5.